The highest BCUT2D eigenvalue weighted by atomic mass is 32.1. The van der Waals surface area contributed by atoms with E-state index in [1.165, 1.54) is 18.3 Å². The molecule has 0 bridgehead atoms. The number of amides is 2. The van der Waals surface area contributed by atoms with Gasteiger partial charge in [-0.15, -0.1) is 11.3 Å². The first-order valence-electron chi connectivity index (χ1n) is 7.65. The molecule has 0 aliphatic heterocycles. The van der Waals surface area contributed by atoms with Crippen molar-refractivity contribution in [3.8, 4) is 0 Å². The Morgan fingerprint density at radius 1 is 1.30 bits per heavy atom. The third kappa shape index (κ3) is 6.02. The highest BCUT2D eigenvalue weighted by Crippen LogP contribution is 2.24. The van der Waals surface area contributed by atoms with E-state index in [1.807, 2.05) is 31.4 Å². The molecule has 0 aliphatic rings. The Morgan fingerprint density at radius 3 is 2.39 bits per heavy atom. The molecule has 1 aromatic rings. The van der Waals surface area contributed by atoms with Crippen molar-refractivity contribution in [1.29, 1.82) is 0 Å². The zero-order chi connectivity index (χ0) is 17.5. The van der Waals surface area contributed by atoms with Crippen molar-refractivity contribution < 1.29 is 19.5 Å². The number of thiophene rings is 1. The Bertz CT molecular complexity index is 538. The van der Waals surface area contributed by atoms with Gasteiger partial charge in [0.25, 0.3) is 0 Å². The minimum absolute atomic E-state index is 0.0848. The molecule has 1 unspecified atom stereocenters. The summed E-state index contributed by atoms with van der Waals surface area (Å²) in [6.07, 6.45) is 1.04. The van der Waals surface area contributed by atoms with Gasteiger partial charge in [0.2, 0.25) is 11.8 Å². The zero-order valence-corrected chi connectivity index (χ0v) is 14.5. The number of carbonyl (C=O) groups excluding carboxylic acids is 2. The molecule has 1 rings (SSSR count). The molecule has 7 heteroatoms. The standard InChI is InChI=1S/C16H24N2O4S/c1-4-16(5-2,10-15(21)22)18-14(20)9-12(17-11(3)19)13-7-6-8-23-13/h6-8,12H,4-5,9-10H2,1-3H3,(H,17,19)(H,18,20)(H,21,22). The molecule has 0 aromatic carbocycles. The Kier molecular flexibility index (Phi) is 7.22. The summed E-state index contributed by atoms with van der Waals surface area (Å²) < 4.78 is 0. The molecular weight excluding hydrogens is 316 g/mol. The molecule has 0 saturated heterocycles. The Hall–Kier alpha value is -1.89. The third-order valence-electron chi connectivity index (χ3n) is 3.90. The number of carbonyl (C=O) groups is 3. The second-order valence-corrected chi connectivity index (χ2v) is 6.56. The Labute approximate surface area is 140 Å². The largest absolute Gasteiger partial charge is 0.481 e. The predicted molar refractivity (Wildman–Crippen MR) is 89.2 cm³/mol. The molecule has 0 radical (unpaired) electrons. The summed E-state index contributed by atoms with van der Waals surface area (Å²) in [5.41, 5.74) is -0.751. The number of hydrogen-bond acceptors (Lipinski definition) is 4. The van der Waals surface area contributed by atoms with E-state index in [1.54, 1.807) is 0 Å². The topological polar surface area (TPSA) is 95.5 Å². The molecule has 23 heavy (non-hydrogen) atoms. The van der Waals surface area contributed by atoms with Gasteiger partial charge in [-0.1, -0.05) is 19.9 Å². The van der Waals surface area contributed by atoms with Gasteiger partial charge in [-0.3, -0.25) is 14.4 Å². The second kappa shape index (κ2) is 8.67. The van der Waals surface area contributed by atoms with E-state index in [0.29, 0.717) is 12.8 Å². The quantitative estimate of drug-likeness (QED) is 0.643. The number of rotatable bonds is 9. The number of hydrogen-bond donors (Lipinski definition) is 3. The van der Waals surface area contributed by atoms with E-state index in [4.69, 9.17) is 5.11 Å². The molecule has 1 atom stereocenters. The first-order chi connectivity index (χ1) is 10.8. The smallest absolute Gasteiger partial charge is 0.305 e. The maximum atomic E-state index is 12.4. The van der Waals surface area contributed by atoms with Crippen LogP contribution in [0.3, 0.4) is 0 Å². The van der Waals surface area contributed by atoms with Crippen LogP contribution in [0.15, 0.2) is 17.5 Å². The fraction of sp³-hybridized carbons (Fsp3) is 0.562. The van der Waals surface area contributed by atoms with Gasteiger partial charge in [-0.05, 0) is 24.3 Å². The highest BCUT2D eigenvalue weighted by molar-refractivity contribution is 7.10. The van der Waals surface area contributed by atoms with Crippen LogP contribution in [0, 0.1) is 0 Å². The van der Waals surface area contributed by atoms with Crippen molar-refractivity contribution in [3.05, 3.63) is 22.4 Å². The molecule has 128 valence electrons. The lowest BCUT2D eigenvalue weighted by Crippen LogP contribution is -2.49. The lowest BCUT2D eigenvalue weighted by atomic mass is 9.88. The van der Waals surface area contributed by atoms with Crippen LogP contribution in [-0.2, 0) is 14.4 Å². The predicted octanol–water partition coefficient (Wildman–Crippen LogP) is 2.47. The van der Waals surface area contributed by atoms with Gasteiger partial charge in [0.15, 0.2) is 0 Å². The fourth-order valence-electron chi connectivity index (χ4n) is 2.50. The number of carboxylic acids is 1. The minimum atomic E-state index is -0.939. The lowest BCUT2D eigenvalue weighted by Gasteiger charge is -2.32. The summed E-state index contributed by atoms with van der Waals surface area (Å²) in [5, 5.41) is 16.6. The van der Waals surface area contributed by atoms with E-state index in [0.717, 1.165) is 4.88 Å². The Balaban J connectivity index is 2.81. The van der Waals surface area contributed by atoms with E-state index in [-0.39, 0.29) is 24.7 Å². The molecule has 3 N–H and O–H groups in total. The first-order valence-corrected chi connectivity index (χ1v) is 8.53. The summed E-state index contributed by atoms with van der Waals surface area (Å²) in [6, 6.07) is 3.33. The molecule has 0 saturated carbocycles. The zero-order valence-electron chi connectivity index (χ0n) is 13.7. The normalized spacial score (nSPS) is 12.5. The van der Waals surface area contributed by atoms with Crippen molar-refractivity contribution >= 4 is 29.1 Å². The monoisotopic (exact) mass is 340 g/mol. The van der Waals surface area contributed by atoms with E-state index in [9.17, 15) is 14.4 Å². The van der Waals surface area contributed by atoms with Gasteiger partial charge in [-0.25, -0.2) is 0 Å². The summed E-state index contributed by atoms with van der Waals surface area (Å²) >= 11 is 1.47. The van der Waals surface area contributed by atoms with Crippen molar-refractivity contribution in [2.75, 3.05) is 0 Å². The van der Waals surface area contributed by atoms with Crippen LogP contribution in [0.2, 0.25) is 0 Å². The lowest BCUT2D eigenvalue weighted by molar-refractivity contribution is -0.139. The van der Waals surface area contributed by atoms with E-state index < -0.39 is 17.6 Å². The first kappa shape index (κ1) is 19.2. The summed E-state index contributed by atoms with van der Waals surface area (Å²) in [7, 11) is 0. The SMILES string of the molecule is CCC(CC)(CC(=O)O)NC(=O)CC(NC(C)=O)c1cccs1. The van der Waals surface area contributed by atoms with Gasteiger partial charge in [0.05, 0.1) is 18.9 Å². The molecule has 0 spiro atoms. The van der Waals surface area contributed by atoms with Crippen LogP contribution in [0.1, 0.15) is 57.4 Å². The Morgan fingerprint density at radius 2 is 1.96 bits per heavy atom. The van der Waals surface area contributed by atoms with Gasteiger partial charge < -0.3 is 15.7 Å². The fourth-order valence-corrected chi connectivity index (χ4v) is 3.28. The molecule has 1 heterocycles. The van der Waals surface area contributed by atoms with Gasteiger partial charge in [-0.2, -0.15) is 0 Å². The third-order valence-corrected chi connectivity index (χ3v) is 4.89. The molecular formula is C16H24N2O4S. The van der Waals surface area contributed by atoms with Crippen molar-refractivity contribution in [3.63, 3.8) is 0 Å². The number of aliphatic carboxylic acids is 1. The maximum absolute atomic E-state index is 12.4. The van der Waals surface area contributed by atoms with Gasteiger partial charge in [0.1, 0.15) is 0 Å². The van der Waals surface area contributed by atoms with Crippen LogP contribution in [0.5, 0.6) is 0 Å². The van der Waals surface area contributed by atoms with Crippen LogP contribution < -0.4 is 10.6 Å². The molecule has 2 amide bonds. The van der Waals surface area contributed by atoms with Crippen LogP contribution in [0.4, 0.5) is 0 Å². The van der Waals surface area contributed by atoms with Gasteiger partial charge in [0, 0.05) is 17.3 Å². The molecule has 6 nitrogen and oxygen atoms in total. The van der Waals surface area contributed by atoms with Gasteiger partial charge >= 0.3 is 5.97 Å². The molecule has 0 aliphatic carbocycles. The maximum Gasteiger partial charge on any atom is 0.305 e. The van der Waals surface area contributed by atoms with Crippen LogP contribution in [-0.4, -0.2) is 28.4 Å². The second-order valence-electron chi connectivity index (χ2n) is 5.58. The highest BCUT2D eigenvalue weighted by Gasteiger charge is 2.31. The molecule has 0 fully saturated rings. The van der Waals surface area contributed by atoms with Crippen LogP contribution >= 0.6 is 11.3 Å². The summed E-state index contributed by atoms with van der Waals surface area (Å²) in [4.78, 5) is 35.7. The van der Waals surface area contributed by atoms with Crippen molar-refractivity contribution in [1.82, 2.24) is 10.6 Å². The van der Waals surface area contributed by atoms with E-state index in [2.05, 4.69) is 10.6 Å². The number of nitrogens with one attached hydrogen (secondary N) is 2. The van der Waals surface area contributed by atoms with Crippen LogP contribution in [0.25, 0.3) is 0 Å². The minimum Gasteiger partial charge on any atom is -0.481 e. The van der Waals surface area contributed by atoms with Crippen molar-refractivity contribution in [2.24, 2.45) is 0 Å². The van der Waals surface area contributed by atoms with E-state index >= 15 is 0 Å². The molecule has 1 aromatic heterocycles. The average Bonchev–Trinajstić information content (AvgIpc) is 2.98. The summed E-state index contributed by atoms with van der Waals surface area (Å²) in [6.45, 7) is 5.12. The average molecular weight is 340 g/mol. The van der Waals surface area contributed by atoms with Crippen molar-refractivity contribution in [2.45, 2.75) is 58.0 Å². The number of carboxylic acid groups (broad SMARTS) is 1. The summed E-state index contributed by atoms with van der Waals surface area (Å²) in [5.74, 6) is -1.41.